The molecule has 2 aromatic carbocycles. The van der Waals surface area contributed by atoms with Crippen molar-refractivity contribution >= 4 is 39.3 Å². The SMILES string of the molecule is COc1cc(NC(=O)C(C)NC(=O)c2cc3c(cn2)[nH]c2ccccc23)cc(OC)c1. The predicted octanol–water partition coefficient (Wildman–Crippen LogP) is 3.49. The van der Waals surface area contributed by atoms with E-state index in [1.165, 1.54) is 14.2 Å². The standard InChI is InChI=1S/C23H22N4O4/c1-13(22(28)26-14-8-15(30-2)10-16(9-14)31-3)25-23(29)20-11-18-17-6-4-5-7-19(17)27-21(18)12-24-20/h4-13,27H,1-3H3,(H,25,29)(H,26,28). The van der Waals surface area contributed by atoms with Crippen LogP contribution in [0.4, 0.5) is 5.69 Å². The first-order chi connectivity index (χ1) is 15.0. The van der Waals surface area contributed by atoms with Crippen LogP contribution < -0.4 is 20.1 Å². The average molecular weight is 418 g/mol. The monoisotopic (exact) mass is 418 g/mol. The fourth-order valence-electron chi connectivity index (χ4n) is 3.34. The van der Waals surface area contributed by atoms with E-state index in [1.54, 1.807) is 37.4 Å². The molecule has 3 N–H and O–H groups in total. The van der Waals surface area contributed by atoms with E-state index in [9.17, 15) is 9.59 Å². The Morgan fingerprint density at radius 3 is 2.39 bits per heavy atom. The Hall–Kier alpha value is -4.07. The van der Waals surface area contributed by atoms with Crippen molar-refractivity contribution in [2.24, 2.45) is 0 Å². The highest BCUT2D eigenvalue weighted by Gasteiger charge is 2.19. The molecule has 8 nitrogen and oxygen atoms in total. The van der Waals surface area contributed by atoms with E-state index in [2.05, 4.69) is 20.6 Å². The average Bonchev–Trinajstić information content (AvgIpc) is 3.16. The van der Waals surface area contributed by atoms with Gasteiger partial charge in [-0.1, -0.05) is 18.2 Å². The summed E-state index contributed by atoms with van der Waals surface area (Å²) in [4.78, 5) is 32.8. The quantitative estimate of drug-likeness (QED) is 0.445. The number of nitrogens with zero attached hydrogens (tertiary/aromatic N) is 1. The topological polar surface area (TPSA) is 105 Å². The number of amides is 2. The summed E-state index contributed by atoms with van der Waals surface area (Å²) in [6.07, 6.45) is 1.62. The summed E-state index contributed by atoms with van der Waals surface area (Å²) in [6, 6.07) is 13.8. The molecule has 1 unspecified atom stereocenters. The minimum atomic E-state index is -0.787. The summed E-state index contributed by atoms with van der Waals surface area (Å²) >= 11 is 0. The first kappa shape index (κ1) is 20.2. The number of aromatic amines is 1. The van der Waals surface area contributed by atoms with Gasteiger partial charge in [0.25, 0.3) is 5.91 Å². The van der Waals surface area contributed by atoms with E-state index in [4.69, 9.17) is 9.47 Å². The molecular formula is C23H22N4O4. The van der Waals surface area contributed by atoms with Gasteiger partial charge in [0, 0.05) is 40.2 Å². The normalized spacial score (nSPS) is 11.8. The molecule has 0 radical (unpaired) electrons. The number of para-hydroxylation sites is 1. The number of carbonyl (C=O) groups is 2. The molecular weight excluding hydrogens is 396 g/mol. The van der Waals surface area contributed by atoms with Crippen molar-refractivity contribution in [2.75, 3.05) is 19.5 Å². The van der Waals surface area contributed by atoms with Crippen LogP contribution >= 0.6 is 0 Å². The third kappa shape index (κ3) is 4.13. The van der Waals surface area contributed by atoms with Crippen molar-refractivity contribution in [3.8, 4) is 11.5 Å². The summed E-state index contributed by atoms with van der Waals surface area (Å²) in [6.45, 7) is 1.61. The molecule has 1 atom stereocenters. The van der Waals surface area contributed by atoms with E-state index >= 15 is 0 Å². The number of anilines is 1. The number of hydrogen-bond acceptors (Lipinski definition) is 5. The summed E-state index contributed by atoms with van der Waals surface area (Å²) in [7, 11) is 3.06. The number of hydrogen-bond donors (Lipinski definition) is 3. The van der Waals surface area contributed by atoms with Crippen LogP contribution in [0.1, 0.15) is 17.4 Å². The van der Waals surface area contributed by atoms with Crippen LogP contribution in [0.25, 0.3) is 21.8 Å². The maximum Gasteiger partial charge on any atom is 0.270 e. The Labute approximate surface area is 178 Å². The molecule has 2 amide bonds. The second kappa shape index (κ2) is 8.35. The summed E-state index contributed by atoms with van der Waals surface area (Å²) in [5.74, 6) is 0.278. The van der Waals surface area contributed by atoms with Crippen LogP contribution in [-0.2, 0) is 4.79 Å². The third-order valence-corrected chi connectivity index (χ3v) is 4.98. The molecule has 8 heteroatoms. The number of pyridine rings is 1. The fourth-order valence-corrected chi connectivity index (χ4v) is 3.34. The largest absolute Gasteiger partial charge is 0.497 e. The highest BCUT2D eigenvalue weighted by molar-refractivity contribution is 6.09. The highest BCUT2D eigenvalue weighted by atomic mass is 16.5. The number of rotatable bonds is 6. The molecule has 0 spiro atoms. The van der Waals surface area contributed by atoms with Crippen LogP contribution in [0.5, 0.6) is 11.5 Å². The first-order valence-electron chi connectivity index (χ1n) is 9.69. The zero-order valence-corrected chi connectivity index (χ0v) is 17.4. The zero-order chi connectivity index (χ0) is 22.0. The molecule has 0 aliphatic rings. The van der Waals surface area contributed by atoms with E-state index in [0.29, 0.717) is 17.2 Å². The maximum atomic E-state index is 12.7. The molecule has 0 bridgehead atoms. The van der Waals surface area contributed by atoms with Crippen molar-refractivity contribution in [1.29, 1.82) is 0 Å². The summed E-state index contributed by atoms with van der Waals surface area (Å²) < 4.78 is 10.4. The van der Waals surface area contributed by atoms with Crippen molar-refractivity contribution in [2.45, 2.75) is 13.0 Å². The Kier molecular flexibility index (Phi) is 5.44. The molecule has 4 rings (SSSR count). The number of H-pyrrole nitrogens is 1. The van der Waals surface area contributed by atoms with Crippen LogP contribution in [0, 0.1) is 0 Å². The Morgan fingerprint density at radius 1 is 0.968 bits per heavy atom. The van der Waals surface area contributed by atoms with Crippen molar-refractivity contribution in [1.82, 2.24) is 15.3 Å². The lowest BCUT2D eigenvalue weighted by molar-refractivity contribution is -0.117. The van der Waals surface area contributed by atoms with E-state index < -0.39 is 11.9 Å². The van der Waals surface area contributed by atoms with Gasteiger partial charge in [0.2, 0.25) is 5.91 Å². The number of aromatic nitrogens is 2. The molecule has 0 fully saturated rings. The number of ether oxygens (including phenoxy) is 2. The lowest BCUT2D eigenvalue weighted by Crippen LogP contribution is -2.41. The van der Waals surface area contributed by atoms with Crippen LogP contribution in [0.3, 0.4) is 0 Å². The predicted molar refractivity (Wildman–Crippen MR) is 119 cm³/mol. The Balaban J connectivity index is 1.49. The number of methoxy groups -OCH3 is 2. The van der Waals surface area contributed by atoms with E-state index in [1.807, 2.05) is 24.3 Å². The van der Waals surface area contributed by atoms with Gasteiger partial charge in [0.05, 0.1) is 25.9 Å². The van der Waals surface area contributed by atoms with Crippen molar-refractivity contribution in [3.05, 3.63) is 60.4 Å². The Bertz CT molecular complexity index is 1260. The molecule has 0 aliphatic carbocycles. The van der Waals surface area contributed by atoms with Gasteiger partial charge in [-0.15, -0.1) is 0 Å². The lowest BCUT2D eigenvalue weighted by Gasteiger charge is -2.15. The number of nitrogens with one attached hydrogen (secondary N) is 3. The van der Waals surface area contributed by atoms with Gasteiger partial charge in [-0.3, -0.25) is 9.59 Å². The van der Waals surface area contributed by atoms with Gasteiger partial charge in [0.1, 0.15) is 23.2 Å². The lowest BCUT2D eigenvalue weighted by atomic mass is 10.1. The Morgan fingerprint density at radius 2 is 1.68 bits per heavy atom. The van der Waals surface area contributed by atoms with Crippen molar-refractivity contribution < 1.29 is 19.1 Å². The minimum Gasteiger partial charge on any atom is -0.497 e. The molecule has 4 aromatic rings. The molecule has 2 aromatic heterocycles. The second-order valence-corrected chi connectivity index (χ2v) is 7.07. The highest BCUT2D eigenvalue weighted by Crippen LogP contribution is 2.26. The fraction of sp³-hybridized carbons (Fsp3) is 0.174. The molecule has 0 saturated heterocycles. The number of fused-ring (bicyclic) bond motifs is 3. The smallest absolute Gasteiger partial charge is 0.270 e. The molecule has 31 heavy (non-hydrogen) atoms. The van der Waals surface area contributed by atoms with Gasteiger partial charge in [-0.25, -0.2) is 4.98 Å². The number of benzene rings is 2. The van der Waals surface area contributed by atoms with Crippen LogP contribution in [0.15, 0.2) is 54.7 Å². The van der Waals surface area contributed by atoms with Gasteiger partial charge in [-0.2, -0.15) is 0 Å². The molecule has 0 aliphatic heterocycles. The van der Waals surface area contributed by atoms with Gasteiger partial charge < -0.3 is 25.1 Å². The maximum absolute atomic E-state index is 12.7. The van der Waals surface area contributed by atoms with Gasteiger partial charge in [-0.05, 0) is 19.1 Å². The molecule has 0 saturated carbocycles. The zero-order valence-electron chi connectivity index (χ0n) is 17.4. The van der Waals surface area contributed by atoms with E-state index in [-0.39, 0.29) is 11.6 Å². The minimum absolute atomic E-state index is 0.236. The van der Waals surface area contributed by atoms with Crippen molar-refractivity contribution in [3.63, 3.8) is 0 Å². The summed E-state index contributed by atoms with van der Waals surface area (Å²) in [5.41, 5.74) is 2.55. The van der Waals surface area contributed by atoms with Crippen LogP contribution in [0.2, 0.25) is 0 Å². The first-order valence-corrected chi connectivity index (χ1v) is 9.69. The molecule has 158 valence electrons. The molecule has 2 heterocycles. The second-order valence-electron chi connectivity index (χ2n) is 7.07. The summed E-state index contributed by atoms with van der Waals surface area (Å²) in [5, 5.41) is 7.36. The third-order valence-electron chi connectivity index (χ3n) is 4.98. The van der Waals surface area contributed by atoms with Gasteiger partial charge in [0.15, 0.2) is 0 Å². The van der Waals surface area contributed by atoms with Crippen LogP contribution in [-0.4, -0.2) is 42.0 Å². The number of carbonyl (C=O) groups excluding carboxylic acids is 2. The van der Waals surface area contributed by atoms with E-state index in [0.717, 1.165) is 21.8 Å². The van der Waals surface area contributed by atoms with Gasteiger partial charge >= 0.3 is 0 Å².